The highest BCUT2D eigenvalue weighted by molar-refractivity contribution is 6.83. The lowest BCUT2D eigenvalue weighted by atomic mass is 10.1. The fourth-order valence-corrected chi connectivity index (χ4v) is 2.34. The van der Waals surface area contributed by atoms with Crippen molar-refractivity contribution < 1.29 is 0 Å². The molecular formula is C17H21N3Si. The summed E-state index contributed by atoms with van der Waals surface area (Å²) in [5.41, 5.74) is 7.52. The minimum absolute atomic E-state index is 0.615. The van der Waals surface area contributed by atoms with Gasteiger partial charge in [-0.15, -0.1) is 5.54 Å². The van der Waals surface area contributed by atoms with Gasteiger partial charge in [-0.25, -0.2) is 9.97 Å². The standard InChI is InChI=1S/C17H21N3Si/c1-13-10-15(7-9-21(3,4)5)12-16(11-13)20-17-18-8-6-14(2)19-17/h6,8,10-12H,1-5H3,(H,18,19,20). The number of hydrogen-bond acceptors (Lipinski definition) is 3. The lowest BCUT2D eigenvalue weighted by Gasteiger charge is -2.08. The van der Waals surface area contributed by atoms with E-state index >= 15 is 0 Å². The average molecular weight is 295 g/mol. The van der Waals surface area contributed by atoms with Gasteiger partial charge >= 0.3 is 0 Å². The average Bonchev–Trinajstić information content (AvgIpc) is 2.35. The number of aromatic nitrogens is 2. The molecule has 0 amide bonds. The first-order valence-corrected chi connectivity index (χ1v) is 10.5. The van der Waals surface area contributed by atoms with Crippen molar-refractivity contribution in [3.63, 3.8) is 0 Å². The number of hydrogen-bond donors (Lipinski definition) is 1. The molecule has 1 heterocycles. The van der Waals surface area contributed by atoms with Crippen molar-refractivity contribution in [3.05, 3.63) is 47.3 Å². The first kappa shape index (κ1) is 15.3. The van der Waals surface area contributed by atoms with Crippen LogP contribution in [0, 0.1) is 25.3 Å². The summed E-state index contributed by atoms with van der Waals surface area (Å²) in [4.78, 5) is 8.59. The summed E-state index contributed by atoms with van der Waals surface area (Å²) in [5.74, 6) is 3.91. The van der Waals surface area contributed by atoms with Crippen LogP contribution in [0.5, 0.6) is 0 Å². The molecule has 0 bridgehead atoms. The Morgan fingerprint density at radius 2 is 1.86 bits per heavy atom. The van der Waals surface area contributed by atoms with Crippen molar-refractivity contribution in [3.8, 4) is 11.5 Å². The molecule has 0 spiro atoms. The van der Waals surface area contributed by atoms with Crippen molar-refractivity contribution in [2.45, 2.75) is 33.5 Å². The van der Waals surface area contributed by atoms with Crippen molar-refractivity contribution in [1.82, 2.24) is 9.97 Å². The van der Waals surface area contributed by atoms with Crippen LogP contribution in [0.2, 0.25) is 19.6 Å². The number of anilines is 2. The maximum absolute atomic E-state index is 4.36. The quantitative estimate of drug-likeness (QED) is 0.670. The maximum Gasteiger partial charge on any atom is 0.227 e. The molecular weight excluding hydrogens is 274 g/mol. The molecule has 0 saturated carbocycles. The second-order valence-electron chi connectivity index (χ2n) is 6.23. The molecule has 2 rings (SSSR count). The number of rotatable bonds is 2. The predicted molar refractivity (Wildman–Crippen MR) is 91.5 cm³/mol. The van der Waals surface area contributed by atoms with Crippen LogP contribution in [0.25, 0.3) is 0 Å². The van der Waals surface area contributed by atoms with Gasteiger partial charge in [-0.05, 0) is 43.7 Å². The van der Waals surface area contributed by atoms with Crippen LogP contribution in [0.15, 0.2) is 30.5 Å². The molecule has 4 heteroatoms. The van der Waals surface area contributed by atoms with Gasteiger partial charge in [0.05, 0.1) is 0 Å². The fourth-order valence-electron chi connectivity index (χ4n) is 1.83. The summed E-state index contributed by atoms with van der Waals surface area (Å²) < 4.78 is 0. The second-order valence-corrected chi connectivity index (χ2v) is 11.0. The minimum atomic E-state index is -1.36. The van der Waals surface area contributed by atoms with Crippen molar-refractivity contribution in [2.24, 2.45) is 0 Å². The molecule has 2 aromatic rings. The predicted octanol–water partition coefficient (Wildman–Crippen LogP) is 4.07. The van der Waals surface area contributed by atoms with Crippen LogP contribution in [-0.2, 0) is 0 Å². The van der Waals surface area contributed by atoms with E-state index in [2.05, 4.69) is 65.4 Å². The van der Waals surface area contributed by atoms with E-state index in [0.29, 0.717) is 5.95 Å². The van der Waals surface area contributed by atoms with Crippen LogP contribution in [0.3, 0.4) is 0 Å². The van der Waals surface area contributed by atoms with E-state index in [1.807, 2.05) is 19.1 Å². The highest BCUT2D eigenvalue weighted by atomic mass is 28.3. The molecule has 0 aliphatic heterocycles. The van der Waals surface area contributed by atoms with Crippen LogP contribution in [0.1, 0.15) is 16.8 Å². The largest absolute Gasteiger partial charge is 0.324 e. The van der Waals surface area contributed by atoms with E-state index in [1.54, 1.807) is 6.20 Å². The van der Waals surface area contributed by atoms with Gasteiger partial charge in [0.25, 0.3) is 0 Å². The Morgan fingerprint density at radius 1 is 1.10 bits per heavy atom. The first-order valence-electron chi connectivity index (χ1n) is 7.03. The Labute approximate surface area is 127 Å². The summed E-state index contributed by atoms with van der Waals surface area (Å²) in [5, 5.41) is 3.24. The van der Waals surface area contributed by atoms with Crippen molar-refractivity contribution in [1.29, 1.82) is 0 Å². The summed E-state index contributed by atoms with van der Waals surface area (Å²) >= 11 is 0. The van der Waals surface area contributed by atoms with Gasteiger partial charge in [0.1, 0.15) is 8.07 Å². The second kappa shape index (κ2) is 6.11. The summed E-state index contributed by atoms with van der Waals surface area (Å²) in [6.07, 6.45) is 1.76. The van der Waals surface area contributed by atoms with E-state index in [1.165, 1.54) is 5.56 Å². The molecule has 0 saturated heterocycles. The van der Waals surface area contributed by atoms with Crippen LogP contribution in [0.4, 0.5) is 11.6 Å². The topological polar surface area (TPSA) is 37.8 Å². The Kier molecular flexibility index (Phi) is 4.44. The number of aryl methyl sites for hydroxylation is 2. The molecule has 1 N–H and O–H groups in total. The third-order valence-corrected chi connectivity index (χ3v) is 3.59. The Balaban J connectivity index is 2.28. The normalized spacial score (nSPS) is 10.7. The van der Waals surface area contributed by atoms with E-state index in [4.69, 9.17) is 0 Å². The highest BCUT2D eigenvalue weighted by Gasteiger charge is 2.07. The first-order chi connectivity index (χ1) is 9.82. The number of nitrogens with one attached hydrogen (secondary N) is 1. The highest BCUT2D eigenvalue weighted by Crippen LogP contribution is 2.17. The van der Waals surface area contributed by atoms with E-state index in [-0.39, 0.29) is 0 Å². The molecule has 0 aliphatic rings. The van der Waals surface area contributed by atoms with E-state index in [9.17, 15) is 0 Å². The summed E-state index contributed by atoms with van der Waals surface area (Å²) in [7, 11) is -1.36. The molecule has 3 nitrogen and oxygen atoms in total. The van der Waals surface area contributed by atoms with Crippen LogP contribution < -0.4 is 5.32 Å². The molecule has 0 atom stereocenters. The molecule has 0 radical (unpaired) electrons. The zero-order valence-corrected chi connectivity index (χ0v) is 14.3. The molecule has 0 aliphatic carbocycles. The number of nitrogens with zero attached hydrogens (tertiary/aromatic N) is 2. The third-order valence-electron chi connectivity index (χ3n) is 2.71. The van der Waals surface area contributed by atoms with Crippen molar-refractivity contribution >= 4 is 19.7 Å². The molecule has 0 unspecified atom stereocenters. The smallest absolute Gasteiger partial charge is 0.227 e. The zero-order chi connectivity index (χ0) is 15.5. The van der Waals surface area contributed by atoms with Gasteiger partial charge < -0.3 is 5.32 Å². The molecule has 0 fully saturated rings. The molecule has 1 aromatic carbocycles. The summed E-state index contributed by atoms with van der Waals surface area (Å²) in [6, 6.07) is 8.11. The monoisotopic (exact) mass is 295 g/mol. The fraction of sp³-hybridized carbons (Fsp3) is 0.294. The molecule has 21 heavy (non-hydrogen) atoms. The van der Waals surface area contributed by atoms with Gasteiger partial charge in [-0.1, -0.05) is 25.6 Å². The number of benzene rings is 1. The van der Waals surface area contributed by atoms with Gasteiger partial charge in [-0.3, -0.25) is 0 Å². The maximum atomic E-state index is 4.36. The lowest BCUT2D eigenvalue weighted by Crippen LogP contribution is -2.16. The van der Waals surface area contributed by atoms with Crippen molar-refractivity contribution in [2.75, 3.05) is 5.32 Å². The van der Waals surface area contributed by atoms with E-state index in [0.717, 1.165) is 16.9 Å². The molecule has 1 aromatic heterocycles. The van der Waals surface area contributed by atoms with Gasteiger partial charge in [0, 0.05) is 23.1 Å². The Bertz CT molecular complexity index is 706. The Morgan fingerprint density at radius 3 is 2.52 bits per heavy atom. The van der Waals surface area contributed by atoms with Gasteiger partial charge in [0.15, 0.2) is 0 Å². The Hall–Kier alpha value is -2.12. The van der Waals surface area contributed by atoms with E-state index < -0.39 is 8.07 Å². The molecule has 108 valence electrons. The van der Waals surface area contributed by atoms with Gasteiger partial charge in [0.2, 0.25) is 5.95 Å². The summed E-state index contributed by atoms with van der Waals surface area (Å²) in [6.45, 7) is 10.8. The van der Waals surface area contributed by atoms with Gasteiger partial charge in [-0.2, -0.15) is 0 Å². The van der Waals surface area contributed by atoms with Crippen LogP contribution in [-0.4, -0.2) is 18.0 Å². The van der Waals surface area contributed by atoms with Crippen LogP contribution >= 0.6 is 0 Å². The zero-order valence-electron chi connectivity index (χ0n) is 13.3. The lowest BCUT2D eigenvalue weighted by molar-refractivity contribution is 1.10. The SMILES string of the molecule is Cc1cc(C#C[Si](C)(C)C)cc(Nc2nccc(C)n2)c1. The third kappa shape index (κ3) is 5.05. The minimum Gasteiger partial charge on any atom is -0.324 e.